The molecule has 0 spiro atoms. The molecule has 0 unspecified atom stereocenters. The second-order valence-electron chi connectivity index (χ2n) is 8.59. The molecular weight excluding hydrogens is 428 g/mol. The number of amides is 1. The number of imidazole rings is 1. The molecule has 1 aliphatic rings. The third-order valence-corrected chi connectivity index (χ3v) is 6.11. The topological polar surface area (TPSA) is 68.6 Å². The second kappa shape index (κ2) is 10.1. The number of carbonyl (C=O) groups excluding carboxylic acids is 1. The average Bonchev–Trinajstić information content (AvgIpc) is 3.13. The lowest BCUT2D eigenvalue weighted by Gasteiger charge is -2.18. The van der Waals surface area contributed by atoms with Crippen molar-refractivity contribution in [3.8, 4) is 5.75 Å². The maximum atomic E-state index is 13.5. The molecule has 7 heteroatoms. The van der Waals surface area contributed by atoms with E-state index >= 15 is 0 Å². The number of nitrogens with zero attached hydrogens (tertiary/aromatic N) is 3. The molecule has 34 heavy (non-hydrogen) atoms. The summed E-state index contributed by atoms with van der Waals surface area (Å²) in [4.78, 5) is 20.0. The number of aromatic nitrogens is 2. The molecule has 1 aliphatic heterocycles. The Morgan fingerprint density at radius 3 is 2.50 bits per heavy atom. The molecule has 4 rings (SSSR count). The maximum absolute atomic E-state index is 13.5. The molecule has 0 atom stereocenters. The third kappa shape index (κ3) is 4.70. The van der Waals surface area contributed by atoms with E-state index in [0.717, 1.165) is 39.4 Å². The van der Waals surface area contributed by atoms with E-state index in [0.29, 0.717) is 31.1 Å². The molecule has 0 saturated heterocycles. The monoisotopic (exact) mass is 460 g/mol. The Morgan fingerprint density at radius 2 is 1.85 bits per heavy atom. The van der Waals surface area contributed by atoms with Crippen LogP contribution >= 0.6 is 0 Å². The van der Waals surface area contributed by atoms with Crippen LogP contribution in [-0.4, -0.2) is 48.1 Å². The Kier molecular flexibility index (Phi) is 7.03. The van der Waals surface area contributed by atoms with Gasteiger partial charge in [-0.05, 0) is 54.3 Å². The summed E-state index contributed by atoms with van der Waals surface area (Å²) in [6.07, 6.45) is 2.63. The fraction of sp³-hybridized carbons (Fsp3) is 0.333. The number of fused-ring (bicyclic) bond motifs is 1. The molecule has 2 aromatic carbocycles. The number of likely N-dealkylation sites (N-methyl/N-ethyl adjacent to an activating group) is 1. The molecule has 0 aliphatic carbocycles. The number of methoxy groups -OCH3 is 1. The lowest BCUT2D eigenvalue weighted by Crippen LogP contribution is -2.28. The predicted molar refractivity (Wildman–Crippen MR) is 135 cm³/mol. The predicted octanol–water partition coefficient (Wildman–Crippen LogP) is 4.28. The smallest absolute Gasteiger partial charge is 0.255 e. The van der Waals surface area contributed by atoms with Gasteiger partial charge in [-0.25, -0.2) is 4.98 Å². The lowest BCUT2D eigenvalue weighted by molar-refractivity contribution is -0.123. The van der Waals surface area contributed by atoms with Gasteiger partial charge in [0, 0.05) is 27.1 Å². The molecule has 0 radical (unpaired) electrons. The first-order chi connectivity index (χ1) is 16.4. The SMILES string of the molecule is CNc1nc2c(n1COCc1ccccc1)/C(=C\c1cc(C)c(OC)c(C)c1)C(=O)N(C)CC2. The van der Waals surface area contributed by atoms with Crippen molar-refractivity contribution in [1.82, 2.24) is 14.5 Å². The van der Waals surface area contributed by atoms with Crippen LogP contribution in [0.15, 0.2) is 42.5 Å². The fourth-order valence-electron chi connectivity index (χ4n) is 4.49. The zero-order chi connectivity index (χ0) is 24.2. The Labute approximate surface area is 201 Å². The van der Waals surface area contributed by atoms with Crippen molar-refractivity contribution >= 4 is 23.5 Å². The summed E-state index contributed by atoms with van der Waals surface area (Å²) in [5.74, 6) is 1.52. The highest BCUT2D eigenvalue weighted by molar-refractivity contribution is 6.24. The Morgan fingerprint density at radius 1 is 1.15 bits per heavy atom. The van der Waals surface area contributed by atoms with Crippen LogP contribution in [0.4, 0.5) is 5.95 Å². The fourth-order valence-corrected chi connectivity index (χ4v) is 4.49. The molecule has 1 aromatic heterocycles. The standard InChI is InChI=1S/C27H32N4O3/c1-18-13-21(14-19(2)25(18)33-5)15-22-24-23(11-12-30(4)26(22)32)29-27(28-3)31(24)17-34-16-20-9-7-6-8-10-20/h6-10,13-15H,11-12,16-17H2,1-5H3,(H,28,29)/b22-15+. The van der Waals surface area contributed by atoms with Gasteiger partial charge in [0.1, 0.15) is 12.5 Å². The van der Waals surface area contributed by atoms with Gasteiger partial charge in [0.25, 0.3) is 5.91 Å². The van der Waals surface area contributed by atoms with Gasteiger partial charge in [-0.3, -0.25) is 9.36 Å². The molecule has 3 aromatic rings. The van der Waals surface area contributed by atoms with Gasteiger partial charge < -0.3 is 19.7 Å². The minimum atomic E-state index is -0.0308. The van der Waals surface area contributed by atoms with Gasteiger partial charge in [0.05, 0.1) is 30.7 Å². The highest BCUT2D eigenvalue weighted by Gasteiger charge is 2.29. The summed E-state index contributed by atoms with van der Waals surface area (Å²) in [5, 5.41) is 3.17. The van der Waals surface area contributed by atoms with Crippen molar-refractivity contribution in [1.29, 1.82) is 0 Å². The Hall–Kier alpha value is -3.58. The van der Waals surface area contributed by atoms with Crippen molar-refractivity contribution in [2.75, 3.05) is 33.1 Å². The van der Waals surface area contributed by atoms with Crippen LogP contribution in [0.2, 0.25) is 0 Å². The minimum Gasteiger partial charge on any atom is -0.496 e. The van der Waals surface area contributed by atoms with Gasteiger partial charge in [0.2, 0.25) is 5.95 Å². The minimum absolute atomic E-state index is 0.0308. The molecular formula is C27H32N4O3. The van der Waals surface area contributed by atoms with Crippen molar-refractivity contribution in [2.45, 2.75) is 33.6 Å². The number of nitrogens with one attached hydrogen (secondary N) is 1. The highest BCUT2D eigenvalue weighted by atomic mass is 16.5. The first kappa shape index (κ1) is 23.6. The van der Waals surface area contributed by atoms with Crippen LogP contribution in [0, 0.1) is 13.8 Å². The van der Waals surface area contributed by atoms with Crippen molar-refractivity contribution in [3.63, 3.8) is 0 Å². The van der Waals surface area contributed by atoms with Crippen LogP contribution in [0.3, 0.4) is 0 Å². The van der Waals surface area contributed by atoms with Crippen molar-refractivity contribution in [2.24, 2.45) is 0 Å². The summed E-state index contributed by atoms with van der Waals surface area (Å²) in [5.41, 5.74) is 6.40. The number of ether oxygens (including phenoxy) is 2. The van der Waals surface area contributed by atoms with E-state index in [1.165, 1.54) is 0 Å². The number of carbonyl (C=O) groups is 1. The summed E-state index contributed by atoms with van der Waals surface area (Å²) in [7, 11) is 5.35. The molecule has 7 nitrogen and oxygen atoms in total. The van der Waals surface area contributed by atoms with Crippen LogP contribution in [0.1, 0.15) is 33.6 Å². The first-order valence-electron chi connectivity index (χ1n) is 11.4. The number of rotatable bonds is 7. The summed E-state index contributed by atoms with van der Waals surface area (Å²) in [6.45, 7) is 5.39. The highest BCUT2D eigenvalue weighted by Crippen LogP contribution is 2.32. The van der Waals surface area contributed by atoms with Crippen LogP contribution < -0.4 is 10.1 Å². The van der Waals surface area contributed by atoms with Gasteiger partial charge >= 0.3 is 0 Å². The van der Waals surface area contributed by atoms with Crippen LogP contribution in [0.5, 0.6) is 5.75 Å². The summed E-state index contributed by atoms with van der Waals surface area (Å²) < 4.78 is 13.5. The molecule has 0 saturated carbocycles. The number of aryl methyl sites for hydroxylation is 2. The number of anilines is 1. The molecule has 1 N–H and O–H groups in total. The normalized spacial score (nSPS) is 14.8. The van der Waals surface area contributed by atoms with Gasteiger partial charge in [-0.1, -0.05) is 30.3 Å². The van der Waals surface area contributed by atoms with E-state index in [1.54, 1.807) is 12.0 Å². The summed E-state index contributed by atoms with van der Waals surface area (Å²) >= 11 is 0. The molecule has 1 amide bonds. The Bertz CT molecular complexity index is 1190. The molecule has 178 valence electrons. The average molecular weight is 461 g/mol. The van der Waals surface area contributed by atoms with E-state index < -0.39 is 0 Å². The van der Waals surface area contributed by atoms with Crippen molar-refractivity contribution < 1.29 is 14.3 Å². The van der Waals surface area contributed by atoms with E-state index in [2.05, 4.69) is 5.32 Å². The largest absolute Gasteiger partial charge is 0.496 e. The van der Waals surface area contributed by atoms with E-state index in [1.807, 2.05) is 81.1 Å². The van der Waals surface area contributed by atoms with E-state index in [9.17, 15) is 4.79 Å². The number of hydrogen-bond donors (Lipinski definition) is 1. The van der Waals surface area contributed by atoms with E-state index in [4.69, 9.17) is 14.5 Å². The quantitative estimate of drug-likeness (QED) is 0.533. The maximum Gasteiger partial charge on any atom is 0.255 e. The zero-order valence-electron chi connectivity index (χ0n) is 20.5. The van der Waals surface area contributed by atoms with Gasteiger partial charge in [-0.2, -0.15) is 0 Å². The Balaban J connectivity index is 1.76. The van der Waals surface area contributed by atoms with Gasteiger partial charge in [-0.15, -0.1) is 0 Å². The van der Waals surface area contributed by atoms with Crippen LogP contribution in [-0.2, 0) is 29.3 Å². The van der Waals surface area contributed by atoms with E-state index in [-0.39, 0.29) is 12.6 Å². The molecule has 0 bridgehead atoms. The molecule has 0 fully saturated rings. The van der Waals surface area contributed by atoms with Crippen molar-refractivity contribution in [3.05, 3.63) is 76.1 Å². The lowest BCUT2D eigenvalue weighted by atomic mass is 10.0. The van der Waals surface area contributed by atoms with Gasteiger partial charge in [0.15, 0.2) is 0 Å². The number of benzene rings is 2. The second-order valence-corrected chi connectivity index (χ2v) is 8.59. The third-order valence-electron chi connectivity index (χ3n) is 6.11. The van der Waals surface area contributed by atoms with Crippen LogP contribution in [0.25, 0.3) is 11.6 Å². The number of hydrogen-bond acceptors (Lipinski definition) is 5. The molecule has 2 heterocycles. The summed E-state index contributed by atoms with van der Waals surface area (Å²) in [6, 6.07) is 14.1. The first-order valence-corrected chi connectivity index (χ1v) is 11.4. The zero-order valence-corrected chi connectivity index (χ0v) is 20.5.